The van der Waals surface area contributed by atoms with Crippen LogP contribution in [0.3, 0.4) is 0 Å². The summed E-state index contributed by atoms with van der Waals surface area (Å²) >= 11 is 5.70. The van der Waals surface area contributed by atoms with Crippen molar-refractivity contribution >= 4 is 17.4 Å². The third kappa shape index (κ3) is 3.30. The molecule has 106 valence electrons. The molecule has 19 heavy (non-hydrogen) atoms. The quantitative estimate of drug-likeness (QED) is 0.742. The molecule has 0 amide bonds. The lowest BCUT2D eigenvalue weighted by molar-refractivity contribution is -0.137. The van der Waals surface area contributed by atoms with Gasteiger partial charge in [0.05, 0.1) is 5.56 Å². The van der Waals surface area contributed by atoms with Gasteiger partial charge in [-0.1, -0.05) is 11.6 Å². The SMILES string of the molecule is CC1CN(C)CCN1c1cc(C(F)(F)F)cc(Cl)n1. The molecule has 0 aromatic carbocycles. The Morgan fingerprint density at radius 2 is 2.00 bits per heavy atom. The van der Waals surface area contributed by atoms with Gasteiger partial charge in [0.15, 0.2) is 0 Å². The van der Waals surface area contributed by atoms with Gasteiger partial charge in [0.1, 0.15) is 11.0 Å². The minimum Gasteiger partial charge on any atom is -0.351 e. The predicted octanol–water partition coefficient (Wildman–Crippen LogP) is 2.89. The van der Waals surface area contributed by atoms with Crippen molar-refractivity contribution in [3.63, 3.8) is 0 Å². The number of pyridine rings is 1. The van der Waals surface area contributed by atoms with E-state index in [0.29, 0.717) is 12.4 Å². The Hall–Kier alpha value is -1.01. The molecular formula is C12H15ClF3N3. The minimum atomic E-state index is -4.41. The molecule has 2 rings (SSSR count). The number of hydrogen-bond donors (Lipinski definition) is 0. The molecule has 1 aliphatic heterocycles. The Morgan fingerprint density at radius 3 is 2.58 bits per heavy atom. The fourth-order valence-corrected chi connectivity index (χ4v) is 2.48. The summed E-state index contributed by atoms with van der Waals surface area (Å²) in [6, 6.07) is 2.02. The average molecular weight is 294 g/mol. The highest BCUT2D eigenvalue weighted by molar-refractivity contribution is 6.29. The van der Waals surface area contributed by atoms with Crippen molar-refractivity contribution in [1.29, 1.82) is 0 Å². The summed E-state index contributed by atoms with van der Waals surface area (Å²) in [6.45, 7) is 4.18. The molecule has 1 aromatic heterocycles. The highest BCUT2D eigenvalue weighted by Gasteiger charge is 2.33. The number of anilines is 1. The van der Waals surface area contributed by atoms with E-state index in [0.717, 1.165) is 25.2 Å². The molecule has 0 aliphatic carbocycles. The second-order valence-corrected chi connectivity index (χ2v) is 5.23. The first-order chi connectivity index (χ1) is 8.77. The van der Waals surface area contributed by atoms with Gasteiger partial charge in [-0.15, -0.1) is 0 Å². The maximum absolute atomic E-state index is 12.8. The summed E-state index contributed by atoms with van der Waals surface area (Å²) in [6.07, 6.45) is -4.41. The Bertz CT molecular complexity index is 464. The van der Waals surface area contributed by atoms with Crippen LogP contribution in [0.25, 0.3) is 0 Å². The van der Waals surface area contributed by atoms with Crippen molar-refractivity contribution in [2.24, 2.45) is 0 Å². The van der Waals surface area contributed by atoms with E-state index in [1.54, 1.807) is 0 Å². The van der Waals surface area contributed by atoms with Crippen molar-refractivity contribution in [2.45, 2.75) is 19.1 Å². The molecule has 1 unspecified atom stereocenters. The highest BCUT2D eigenvalue weighted by Crippen LogP contribution is 2.33. The van der Waals surface area contributed by atoms with E-state index >= 15 is 0 Å². The molecule has 3 nitrogen and oxygen atoms in total. The van der Waals surface area contributed by atoms with E-state index in [1.807, 2.05) is 18.9 Å². The number of aromatic nitrogens is 1. The van der Waals surface area contributed by atoms with Gasteiger partial charge in [0, 0.05) is 25.7 Å². The van der Waals surface area contributed by atoms with Crippen LogP contribution in [0.1, 0.15) is 12.5 Å². The van der Waals surface area contributed by atoms with Crippen LogP contribution < -0.4 is 4.90 Å². The van der Waals surface area contributed by atoms with Gasteiger partial charge in [-0.2, -0.15) is 13.2 Å². The first-order valence-electron chi connectivity index (χ1n) is 5.97. The summed E-state index contributed by atoms with van der Waals surface area (Å²) in [5.74, 6) is 0.292. The van der Waals surface area contributed by atoms with Gasteiger partial charge in [0.25, 0.3) is 0 Å². The van der Waals surface area contributed by atoms with Gasteiger partial charge >= 0.3 is 6.18 Å². The summed E-state index contributed by atoms with van der Waals surface area (Å²) in [5.41, 5.74) is -0.756. The number of rotatable bonds is 1. The second kappa shape index (κ2) is 5.17. The molecule has 0 spiro atoms. The van der Waals surface area contributed by atoms with Gasteiger partial charge in [0.2, 0.25) is 0 Å². The zero-order valence-corrected chi connectivity index (χ0v) is 11.5. The van der Waals surface area contributed by atoms with Crippen LogP contribution in [0.15, 0.2) is 12.1 Å². The van der Waals surface area contributed by atoms with Gasteiger partial charge in [-0.3, -0.25) is 0 Å². The number of halogens is 4. The van der Waals surface area contributed by atoms with E-state index in [-0.39, 0.29) is 11.2 Å². The molecule has 0 radical (unpaired) electrons. The third-order valence-electron chi connectivity index (χ3n) is 3.23. The number of hydrogen-bond acceptors (Lipinski definition) is 3. The molecule has 7 heteroatoms. The fraction of sp³-hybridized carbons (Fsp3) is 0.583. The number of nitrogens with zero attached hydrogens (tertiary/aromatic N) is 3. The molecule has 0 bridgehead atoms. The zero-order chi connectivity index (χ0) is 14.2. The van der Waals surface area contributed by atoms with Crippen LogP contribution in [0, 0.1) is 0 Å². The molecule has 0 saturated carbocycles. The van der Waals surface area contributed by atoms with E-state index < -0.39 is 11.7 Å². The average Bonchev–Trinajstić information content (AvgIpc) is 2.26. The van der Waals surface area contributed by atoms with E-state index in [9.17, 15) is 13.2 Å². The molecule has 1 fully saturated rings. The minimum absolute atomic E-state index is 0.103. The Labute approximate surface area is 115 Å². The van der Waals surface area contributed by atoms with Crippen molar-refractivity contribution in [2.75, 3.05) is 31.6 Å². The van der Waals surface area contributed by atoms with Crippen LogP contribution in [0.4, 0.5) is 19.0 Å². The molecular weight excluding hydrogens is 279 g/mol. The monoisotopic (exact) mass is 293 g/mol. The summed E-state index contributed by atoms with van der Waals surface area (Å²) < 4.78 is 38.3. The predicted molar refractivity (Wildman–Crippen MR) is 68.6 cm³/mol. The number of piperazine rings is 1. The summed E-state index contributed by atoms with van der Waals surface area (Å²) in [4.78, 5) is 8.02. The molecule has 1 aliphatic rings. The summed E-state index contributed by atoms with van der Waals surface area (Å²) in [5, 5.41) is -0.129. The lowest BCUT2D eigenvalue weighted by Gasteiger charge is -2.39. The van der Waals surface area contributed by atoms with Crippen LogP contribution >= 0.6 is 11.6 Å². The van der Waals surface area contributed by atoms with Crippen LogP contribution in [0.2, 0.25) is 5.15 Å². The van der Waals surface area contributed by atoms with Gasteiger partial charge in [-0.25, -0.2) is 4.98 Å². The Kier molecular flexibility index (Phi) is 3.92. The molecule has 1 aromatic rings. The van der Waals surface area contributed by atoms with Crippen LogP contribution in [-0.2, 0) is 6.18 Å². The van der Waals surface area contributed by atoms with Crippen molar-refractivity contribution in [3.8, 4) is 0 Å². The summed E-state index contributed by atoms with van der Waals surface area (Å²) in [7, 11) is 1.99. The lowest BCUT2D eigenvalue weighted by atomic mass is 10.1. The highest BCUT2D eigenvalue weighted by atomic mass is 35.5. The molecule has 1 atom stereocenters. The Morgan fingerprint density at radius 1 is 1.32 bits per heavy atom. The topological polar surface area (TPSA) is 19.4 Å². The normalized spacial score (nSPS) is 21.8. The third-order valence-corrected chi connectivity index (χ3v) is 3.43. The largest absolute Gasteiger partial charge is 0.416 e. The Balaban J connectivity index is 2.32. The van der Waals surface area contributed by atoms with Gasteiger partial charge in [-0.05, 0) is 26.1 Å². The van der Waals surface area contributed by atoms with Crippen molar-refractivity contribution in [3.05, 3.63) is 22.8 Å². The van der Waals surface area contributed by atoms with E-state index in [4.69, 9.17) is 11.6 Å². The maximum Gasteiger partial charge on any atom is 0.416 e. The van der Waals surface area contributed by atoms with Crippen LogP contribution in [-0.4, -0.2) is 42.6 Å². The smallest absolute Gasteiger partial charge is 0.351 e. The van der Waals surface area contributed by atoms with E-state index in [2.05, 4.69) is 9.88 Å². The first-order valence-corrected chi connectivity index (χ1v) is 6.35. The molecule has 0 N–H and O–H groups in total. The van der Waals surface area contributed by atoms with Crippen molar-refractivity contribution < 1.29 is 13.2 Å². The standard InChI is InChI=1S/C12H15ClF3N3/c1-8-7-18(2)3-4-19(8)11-6-9(12(14,15)16)5-10(13)17-11/h5-6,8H,3-4,7H2,1-2H3. The molecule has 1 saturated heterocycles. The zero-order valence-electron chi connectivity index (χ0n) is 10.7. The van der Waals surface area contributed by atoms with E-state index in [1.165, 1.54) is 0 Å². The fourth-order valence-electron chi connectivity index (χ4n) is 2.27. The van der Waals surface area contributed by atoms with Crippen LogP contribution in [0.5, 0.6) is 0 Å². The lowest BCUT2D eigenvalue weighted by Crippen LogP contribution is -2.50. The van der Waals surface area contributed by atoms with Crippen molar-refractivity contribution in [1.82, 2.24) is 9.88 Å². The molecule has 2 heterocycles. The second-order valence-electron chi connectivity index (χ2n) is 4.84. The number of alkyl halides is 3. The van der Waals surface area contributed by atoms with Gasteiger partial charge < -0.3 is 9.80 Å². The number of likely N-dealkylation sites (N-methyl/N-ethyl adjacent to an activating group) is 1. The maximum atomic E-state index is 12.8. The first kappa shape index (κ1) is 14.4.